The van der Waals surface area contributed by atoms with Crippen LogP contribution in [0, 0.1) is 0 Å². The Kier molecular flexibility index (Phi) is 2.33. The van der Waals surface area contributed by atoms with Crippen molar-refractivity contribution in [3.8, 4) is 0 Å². The predicted molar refractivity (Wildman–Crippen MR) is 37.3 cm³/mol. The molecule has 0 spiro atoms. The Morgan fingerprint density at radius 2 is 2.00 bits per heavy atom. The highest BCUT2D eigenvalue weighted by Crippen LogP contribution is 2.29. The zero-order valence-electron chi connectivity index (χ0n) is 5.36. The molecule has 0 aliphatic heterocycles. The molecule has 0 bridgehead atoms. The van der Waals surface area contributed by atoms with Gasteiger partial charge in [0.05, 0.1) is 12.1 Å². The first-order chi connectivity index (χ1) is 4.33. The molecular formula is C6H12ClNO. The Hall–Kier alpha value is 0.210. The quantitative estimate of drug-likeness (QED) is 0.575. The maximum Gasteiger partial charge on any atom is 0.0625 e. The van der Waals surface area contributed by atoms with Gasteiger partial charge in [-0.15, -0.1) is 0 Å². The Balaban J connectivity index is 2.45. The van der Waals surface area contributed by atoms with Crippen LogP contribution in [0.1, 0.15) is 25.7 Å². The fourth-order valence-corrected chi connectivity index (χ4v) is 1.58. The lowest BCUT2D eigenvalue weighted by atomic mass is 10.0. The molecule has 1 rings (SSSR count). The summed E-state index contributed by atoms with van der Waals surface area (Å²) in [5, 5.41) is 8.87. The van der Waals surface area contributed by atoms with Crippen molar-refractivity contribution < 1.29 is 5.11 Å². The van der Waals surface area contributed by atoms with Gasteiger partial charge in [0, 0.05) is 0 Å². The summed E-state index contributed by atoms with van der Waals surface area (Å²) >= 11 is 5.45. The second kappa shape index (κ2) is 2.86. The first-order valence-electron chi connectivity index (χ1n) is 3.32. The molecule has 1 aliphatic rings. The third-order valence-electron chi connectivity index (χ3n) is 2.06. The van der Waals surface area contributed by atoms with Gasteiger partial charge in [0.1, 0.15) is 0 Å². The van der Waals surface area contributed by atoms with Crippen LogP contribution >= 0.6 is 11.8 Å². The molecule has 0 atom stereocenters. The van der Waals surface area contributed by atoms with Crippen molar-refractivity contribution in [3.05, 3.63) is 0 Å². The van der Waals surface area contributed by atoms with E-state index >= 15 is 0 Å². The number of hydrogen-bond donors (Lipinski definition) is 2. The number of nitrogens with one attached hydrogen (secondary N) is 1. The largest absolute Gasteiger partial charge is 0.394 e. The minimum absolute atomic E-state index is 0.151. The molecule has 1 fully saturated rings. The molecule has 1 aliphatic carbocycles. The van der Waals surface area contributed by atoms with Crippen molar-refractivity contribution in [2.24, 2.45) is 0 Å². The van der Waals surface area contributed by atoms with Crippen molar-refractivity contribution in [3.63, 3.8) is 0 Å². The fourth-order valence-electron chi connectivity index (χ4n) is 1.33. The molecule has 0 heterocycles. The van der Waals surface area contributed by atoms with E-state index in [1.165, 1.54) is 12.8 Å². The van der Waals surface area contributed by atoms with E-state index in [4.69, 9.17) is 16.9 Å². The molecule has 3 heteroatoms. The lowest BCUT2D eigenvalue weighted by Crippen LogP contribution is -2.40. The molecule has 0 aromatic rings. The highest BCUT2D eigenvalue weighted by Gasteiger charge is 2.31. The van der Waals surface area contributed by atoms with Gasteiger partial charge in [-0.1, -0.05) is 12.8 Å². The van der Waals surface area contributed by atoms with Gasteiger partial charge in [0.2, 0.25) is 0 Å². The Labute approximate surface area is 60.3 Å². The zero-order valence-corrected chi connectivity index (χ0v) is 6.12. The fraction of sp³-hybridized carbons (Fsp3) is 1.00. The van der Waals surface area contributed by atoms with E-state index in [0.717, 1.165) is 12.8 Å². The van der Waals surface area contributed by atoms with Gasteiger partial charge < -0.3 is 5.11 Å². The number of halogens is 1. The van der Waals surface area contributed by atoms with Crippen LogP contribution in [0.2, 0.25) is 0 Å². The van der Waals surface area contributed by atoms with Crippen molar-refractivity contribution in [1.29, 1.82) is 0 Å². The summed E-state index contributed by atoms with van der Waals surface area (Å²) in [6.45, 7) is 0.163. The van der Waals surface area contributed by atoms with Crippen molar-refractivity contribution in [1.82, 2.24) is 4.84 Å². The third kappa shape index (κ3) is 1.37. The number of aliphatic hydroxyl groups excluding tert-OH is 1. The van der Waals surface area contributed by atoms with Crippen LogP contribution < -0.4 is 4.84 Å². The highest BCUT2D eigenvalue weighted by atomic mass is 35.5. The first kappa shape index (κ1) is 7.32. The molecule has 0 saturated heterocycles. The third-order valence-corrected chi connectivity index (χ3v) is 2.46. The van der Waals surface area contributed by atoms with E-state index in [1.54, 1.807) is 0 Å². The Morgan fingerprint density at radius 3 is 2.22 bits per heavy atom. The van der Waals surface area contributed by atoms with Gasteiger partial charge >= 0.3 is 0 Å². The molecule has 0 radical (unpaired) electrons. The summed E-state index contributed by atoms with van der Waals surface area (Å²) in [5.41, 5.74) is -0.151. The molecular weight excluding hydrogens is 138 g/mol. The summed E-state index contributed by atoms with van der Waals surface area (Å²) in [6.07, 6.45) is 4.38. The van der Waals surface area contributed by atoms with Gasteiger partial charge in [-0.25, -0.2) is 4.84 Å². The second-order valence-electron chi connectivity index (χ2n) is 2.74. The topological polar surface area (TPSA) is 32.3 Å². The van der Waals surface area contributed by atoms with Crippen molar-refractivity contribution in [2.75, 3.05) is 6.61 Å². The summed E-state index contributed by atoms with van der Waals surface area (Å²) in [5.74, 6) is 0. The van der Waals surface area contributed by atoms with E-state index in [0.29, 0.717) is 0 Å². The maximum absolute atomic E-state index is 8.87. The zero-order chi connectivity index (χ0) is 6.74. The van der Waals surface area contributed by atoms with E-state index < -0.39 is 0 Å². The summed E-state index contributed by atoms with van der Waals surface area (Å²) < 4.78 is 0. The van der Waals surface area contributed by atoms with Crippen LogP contribution in [0.15, 0.2) is 0 Å². The van der Waals surface area contributed by atoms with Crippen LogP contribution in [0.3, 0.4) is 0 Å². The standard InChI is InChI=1S/C6H12ClNO/c7-8-6(5-9)3-1-2-4-6/h8-9H,1-5H2. The average Bonchev–Trinajstić information content (AvgIpc) is 2.36. The van der Waals surface area contributed by atoms with Gasteiger partial charge in [-0.3, -0.25) is 0 Å². The summed E-state index contributed by atoms with van der Waals surface area (Å²) in [6, 6.07) is 0. The molecule has 2 N–H and O–H groups in total. The van der Waals surface area contributed by atoms with Gasteiger partial charge in [-0.05, 0) is 24.6 Å². The predicted octanol–water partition coefficient (Wildman–Crippen LogP) is 1.03. The monoisotopic (exact) mass is 149 g/mol. The SMILES string of the molecule is OCC1(NCl)CCCC1. The van der Waals surface area contributed by atoms with E-state index in [1.807, 2.05) is 0 Å². The summed E-state index contributed by atoms with van der Waals surface area (Å²) in [7, 11) is 0. The number of aliphatic hydroxyl groups is 1. The van der Waals surface area contributed by atoms with Crippen LogP contribution in [0.25, 0.3) is 0 Å². The molecule has 54 valence electrons. The molecule has 0 unspecified atom stereocenters. The van der Waals surface area contributed by atoms with Crippen molar-refractivity contribution >= 4 is 11.8 Å². The first-order valence-corrected chi connectivity index (χ1v) is 3.69. The van der Waals surface area contributed by atoms with Crippen LogP contribution in [0.5, 0.6) is 0 Å². The van der Waals surface area contributed by atoms with Crippen LogP contribution in [0.4, 0.5) is 0 Å². The molecule has 9 heavy (non-hydrogen) atoms. The molecule has 0 aromatic heterocycles. The number of hydrogen-bond acceptors (Lipinski definition) is 2. The van der Waals surface area contributed by atoms with E-state index in [2.05, 4.69) is 4.84 Å². The molecule has 2 nitrogen and oxygen atoms in total. The minimum Gasteiger partial charge on any atom is -0.394 e. The lowest BCUT2D eigenvalue weighted by molar-refractivity contribution is 0.187. The second-order valence-corrected chi connectivity index (χ2v) is 2.93. The molecule has 0 amide bonds. The number of rotatable bonds is 2. The molecule has 1 saturated carbocycles. The minimum atomic E-state index is -0.151. The van der Waals surface area contributed by atoms with Gasteiger partial charge in [-0.2, -0.15) is 0 Å². The van der Waals surface area contributed by atoms with Crippen LogP contribution in [-0.2, 0) is 0 Å². The van der Waals surface area contributed by atoms with E-state index in [-0.39, 0.29) is 12.1 Å². The Bertz CT molecular complexity index is 85.1. The van der Waals surface area contributed by atoms with Gasteiger partial charge in [0.25, 0.3) is 0 Å². The maximum atomic E-state index is 8.87. The normalized spacial score (nSPS) is 24.7. The van der Waals surface area contributed by atoms with Gasteiger partial charge in [0.15, 0.2) is 0 Å². The molecule has 0 aromatic carbocycles. The van der Waals surface area contributed by atoms with Crippen molar-refractivity contribution in [2.45, 2.75) is 31.2 Å². The lowest BCUT2D eigenvalue weighted by Gasteiger charge is -2.23. The van der Waals surface area contributed by atoms with E-state index in [9.17, 15) is 0 Å². The van der Waals surface area contributed by atoms with Crippen LogP contribution in [-0.4, -0.2) is 17.3 Å². The highest BCUT2D eigenvalue weighted by molar-refractivity contribution is 6.13. The smallest absolute Gasteiger partial charge is 0.0625 e. The average molecular weight is 150 g/mol. The Morgan fingerprint density at radius 1 is 1.44 bits per heavy atom. The summed E-state index contributed by atoms with van der Waals surface area (Å²) in [4.78, 5) is 2.65.